The molecule has 1 aromatic heterocycles. The molecule has 0 bridgehead atoms. The SMILES string of the molecule is COc1cc(C=CC(=O)N(CCN(C)C)c2nc3c(C)cc(Cl)cc3s2)cc(OC)c1OC. The first-order valence-electron chi connectivity index (χ1n) is 10.3. The number of aromatic nitrogens is 1. The van der Waals surface area contributed by atoms with Gasteiger partial charge in [0.05, 0.1) is 31.5 Å². The monoisotopic (exact) mass is 489 g/mol. The van der Waals surface area contributed by atoms with Crippen LogP contribution in [0, 0.1) is 6.92 Å². The van der Waals surface area contributed by atoms with E-state index in [1.807, 2.05) is 38.1 Å². The Hall–Kier alpha value is -2.81. The molecule has 3 rings (SSSR count). The summed E-state index contributed by atoms with van der Waals surface area (Å²) in [5.41, 5.74) is 2.58. The van der Waals surface area contributed by atoms with Crippen molar-refractivity contribution >= 4 is 50.3 Å². The Balaban J connectivity index is 1.95. The molecular formula is C24H28ClN3O4S. The first-order valence-corrected chi connectivity index (χ1v) is 11.5. The highest BCUT2D eigenvalue weighted by atomic mass is 35.5. The standard InChI is InChI=1S/C24H28ClN3O4S/c1-15-11-17(25)14-20-22(15)26-24(33-20)28(10-9-27(2)3)21(29)8-7-16-12-18(30-4)23(32-6)19(13-16)31-5/h7-8,11-14H,9-10H2,1-6H3. The summed E-state index contributed by atoms with van der Waals surface area (Å²) < 4.78 is 17.1. The minimum Gasteiger partial charge on any atom is -0.493 e. The average molecular weight is 490 g/mol. The van der Waals surface area contributed by atoms with Gasteiger partial charge in [-0.3, -0.25) is 9.69 Å². The predicted molar refractivity (Wildman–Crippen MR) is 135 cm³/mol. The maximum Gasteiger partial charge on any atom is 0.252 e. The van der Waals surface area contributed by atoms with Crippen molar-refractivity contribution in [2.24, 2.45) is 0 Å². The molecule has 9 heteroatoms. The summed E-state index contributed by atoms with van der Waals surface area (Å²) in [4.78, 5) is 21.7. The number of halogens is 1. The number of methoxy groups -OCH3 is 3. The maximum absolute atomic E-state index is 13.3. The summed E-state index contributed by atoms with van der Waals surface area (Å²) in [6.07, 6.45) is 3.26. The fourth-order valence-electron chi connectivity index (χ4n) is 3.31. The van der Waals surface area contributed by atoms with Crippen LogP contribution in [0.5, 0.6) is 17.2 Å². The summed E-state index contributed by atoms with van der Waals surface area (Å²) in [5.74, 6) is 1.37. The maximum atomic E-state index is 13.3. The van der Waals surface area contributed by atoms with Crippen LogP contribution in [-0.4, -0.2) is 64.3 Å². The van der Waals surface area contributed by atoms with Crippen LogP contribution in [0.3, 0.4) is 0 Å². The number of likely N-dealkylation sites (N-methyl/N-ethyl adjacent to an activating group) is 1. The zero-order chi connectivity index (χ0) is 24.1. The normalized spacial score (nSPS) is 11.4. The lowest BCUT2D eigenvalue weighted by atomic mass is 10.1. The number of carbonyl (C=O) groups is 1. The van der Waals surface area contributed by atoms with Crippen molar-refractivity contribution in [3.63, 3.8) is 0 Å². The van der Waals surface area contributed by atoms with Gasteiger partial charge in [0.15, 0.2) is 16.6 Å². The molecule has 0 unspecified atom stereocenters. The smallest absolute Gasteiger partial charge is 0.252 e. The summed E-state index contributed by atoms with van der Waals surface area (Å²) >= 11 is 7.67. The third kappa shape index (κ3) is 5.76. The highest BCUT2D eigenvalue weighted by Gasteiger charge is 2.19. The minimum absolute atomic E-state index is 0.173. The lowest BCUT2D eigenvalue weighted by Gasteiger charge is -2.20. The Morgan fingerprint density at radius 2 is 1.73 bits per heavy atom. The largest absolute Gasteiger partial charge is 0.493 e. The van der Waals surface area contributed by atoms with Gasteiger partial charge in [-0.05, 0) is 62.5 Å². The number of anilines is 1. The van der Waals surface area contributed by atoms with Crippen LogP contribution in [0.2, 0.25) is 5.02 Å². The number of ether oxygens (including phenoxy) is 3. The molecule has 0 atom stereocenters. The lowest BCUT2D eigenvalue weighted by molar-refractivity contribution is -0.114. The minimum atomic E-state index is -0.173. The van der Waals surface area contributed by atoms with Crippen LogP contribution < -0.4 is 19.1 Å². The highest BCUT2D eigenvalue weighted by molar-refractivity contribution is 7.22. The van der Waals surface area contributed by atoms with Gasteiger partial charge in [-0.1, -0.05) is 22.9 Å². The molecule has 0 aliphatic carbocycles. The van der Waals surface area contributed by atoms with E-state index in [-0.39, 0.29) is 5.91 Å². The van der Waals surface area contributed by atoms with Crippen molar-refractivity contribution in [1.82, 2.24) is 9.88 Å². The second kappa shape index (κ2) is 10.9. The topological polar surface area (TPSA) is 64.1 Å². The number of aryl methyl sites for hydroxylation is 1. The van der Waals surface area contributed by atoms with Gasteiger partial charge in [0.2, 0.25) is 5.75 Å². The molecule has 0 radical (unpaired) electrons. The Kier molecular flexibility index (Phi) is 8.18. The van der Waals surface area contributed by atoms with Gasteiger partial charge in [-0.2, -0.15) is 0 Å². The van der Waals surface area contributed by atoms with E-state index in [9.17, 15) is 4.79 Å². The van der Waals surface area contributed by atoms with Crippen LogP contribution in [0.4, 0.5) is 5.13 Å². The predicted octanol–water partition coefficient (Wildman–Crippen LogP) is 4.89. The van der Waals surface area contributed by atoms with E-state index in [2.05, 4.69) is 0 Å². The van der Waals surface area contributed by atoms with Crippen LogP contribution in [-0.2, 0) is 4.79 Å². The highest BCUT2D eigenvalue weighted by Crippen LogP contribution is 2.38. The van der Waals surface area contributed by atoms with Crippen molar-refractivity contribution < 1.29 is 19.0 Å². The van der Waals surface area contributed by atoms with Crippen LogP contribution in [0.25, 0.3) is 16.3 Å². The van der Waals surface area contributed by atoms with Gasteiger partial charge in [-0.15, -0.1) is 0 Å². The molecule has 0 saturated carbocycles. The van der Waals surface area contributed by atoms with E-state index in [0.29, 0.717) is 40.5 Å². The summed E-state index contributed by atoms with van der Waals surface area (Å²) in [6.45, 7) is 3.16. The summed E-state index contributed by atoms with van der Waals surface area (Å²) in [6, 6.07) is 7.34. The van der Waals surface area contributed by atoms with E-state index >= 15 is 0 Å². The van der Waals surface area contributed by atoms with E-state index in [1.54, 1.807) is 44.4 Å². The number of fused-ring (bicyclic) bond motifs is 1. The molecular weight excluding hydrogens is 462 g/mol. The fourth-order valence-corrected chi connectivity index (χ4v) is 4.77. The fraction of sp³-hybridized carbons (Fsp3) is 0.333. The molecule has 0 saturated heterocycles. The van der Waals surface area contributed by atoms with Gasteiger partial charge >= 0.3 is 0 Å². The molecule has 0 aliphatic rings. The third-order valence-electron chi connectivity index (χ3n) is 5.01. The average Bonchev–Trinajstić information content (AvgIpc) is 3.20. The molecule has 2 aromatic carbocycles. The molecule has 0 aliphatic heterocycles. The number of thiazole rings is 1. The number of hydrogen-bond acceptors (Lipinski definition) is 7. The Labute approximate surface area is 203 Å². The van der Waals surface area contributed by atoms with E-state index < -0.39 is 0 Å². The summed E-state index contributed by atoms with van der Waals surface area (Å²) in [7, 11) is 8.60. The molecule has 1 heterocycles. The van der Waals surface area contributed by atoms with Crippen LogP contribution in [0.15, 0.2) is 30.3 Å². The molecule has 33 heavy (non-hydrogen) atoms. The van der Waals surface area contributed by atoms with Gasteiger partial charge in [0, 0.05) is 24.2 Å². The van der Waals surface area contributed by atoms with Crippen molar-refractivity contribution in [1.29, 1.82) is 0 Å². The zero-order valence-corrected chi connectivity index (χ0v) is 21.2. The van der Waals surface area contributed by atoms with Crippen molar-refractivity contribution in [2.75, 3.05) is 53.4 Å². The van der Waals surface area contributed by atoms with E-state index in [4.69, 9.17) is 30.8 Å². The Bertz CT molecular complexity index is 1150. The number of rotatable bonds is 9. The first-order chi connectivity index (χ1) is 15.8. The Morgan fingerprint density at radius 1 is 1.06 bits per heavy atom. The Morgan fingerprint density at radius 3 is 2.30 bits per heavy atom. The molecule has 1 amide bonds. The lowest BCUT2D eigenvalue weighted by Crippen LogP contribution is -2.35. The molecule has 7 nitrogen and oxygen atoms in total. The zero-order valence-electron chi connectivity index (χ0n) is 19.6. The molecule has 0 spiro atoms. The van der Waals surface area contributed by atoms with Gasteiger partial charge in [-0.25, -0.2) is 4.98 Å². The number of amides is 1. The van der Waals surface area contributed by atoms with Crippen LogP contribution >= 0.6 is 22.9 Å². The van der Waals surface area contributed by atoms with Gasteiger partial charge < -0.3 is 19.1 Å². The molecule has 0 N–H and O–H groups in total. The van der Waals surface area contributed by atoms with Crippen LogP contribution in [0.1, 0.15) is 11.1 Å². The van der Waals surface area contributed by atoms with Crippen molar-refractivity contribution in [3.8, 4) is 17.2 Å². The quantitative estimate of drug-likeness (QED) is 0.399. The number of nitrogens with zero attached hydrogens (tertiary/aromatic N) is 3. The first kappa shape index (κ1) is 24.8. The number of carbonyl (C=O) groups excluding carboxylic acids is 1. The number of hydrogen-bond donors (Lipinski definition) is 0. The summed E-state index contributed by atoms with van der Waals surface area (Å²) in [5, 5.41) is 1.29. The third-order valence-corrected chi connectivity index (χ3v) is 6.26. The van der Waals surface area contributed by atoms with Crippen molar-refractivity contribution in [3.05, 3.63) is 46.5 Å². The van der Waals surface area contributed by atoms with Gasteiger partial charge in [0.25, 0.3) is 5.91 Å². The number of benzene rings is 2. The second-order valence-electron chi connectivity index (χ2n) is 7.65. The second-order valence-corrected chi connectivity index (χ2v) is 9.10. The van der Waals surface area contributed by atoms with Gasteiger partial charge in [0.1, 0.15) is 0 Å². The van der Waals surface area contributed by atoms with Crippen molar-refractivity contribution in [2.45, 2.75) is 6.92 Å². The molecule has 3 aromatic rings. The molecule has 0 fully saturated rings. The van der Waals surface area contributed by atoms with E-state index in [1.165, 1.54) is 17.4 Å². The van der Waals surface area contributed by atoms with E-state index in [0.717, 1.165) is 21.3 Å². The molecule has 176 valence electrons.